The summed E-state index contributed by atoms with van der Waals surface area (Å²) in [4.78, 5) is 11.6. The summed E-state index contributed by atoms with van der Waals surface area (Å²) in [5, 5.41) is 0.585. The number of hydrogen-bond donors (Lipinski definition) is 0. The van der Waals surface area contributed by atoms with Gasteiger partial charge in [-0.15, -0.1) is 0 Å². The van der Waals surface area contributed by atoms with Gasteiger partial charge in [0.05, 0.1) is 0 Å². The second kappa shape index (κ2) is 4.05. The van der Waals surface area contributed by atoms with Crippen molar-refractivity contribution in [2.45, 2.75) is 38.9 Å². The summed E-state index contributed by atoms with van der Waals surface area (Å²) >= 11 is 0. The lowest BCUT2D eigenvalue weighted by atomic mass is 9.88. The summed E-state index contributed by atoms with van der Waals surface area (Å²) < 4.78 is 0. The molecule has 1 atom stereocenters. The average Bonchev–Trinajstić information content (AvgIpc) is 2.37. The molecule has 0 aromatic heterocycles. The Balaban J connectivity index is 2.35. The Morgan fingerprint density at radius 1 is 1.50 bits per heavy atom. The van der Waals surface area contributed by atoms with E-state index in [1.165, 1.54) is 12.2 Å². The van der Waals surface area contributed by atoms with Crippen LogP contribution in [-0.2, 0) is 4.79 Å². The summed E-state index contributed by atoms with van der Waals surface area (Å²) in [5.74, 6) is 1.62. The van der Waals surface area contributed by atoms with Crippen molar-refractivity contribution in [2.75, 3.05) is 5.75 Å². The van der Waals surface area contributed by atoms with Crippen LogP contribution in [0.5, 0.6) is 0 Å². The molecule has 1 heterocycles. The van der Waals surface area contributed by atoms with Crippen LogP contribution in [0.2, 0.25) is 0 Å². The zero-order chi connectivity index (χ0) is 9.19. The third kappa shape index (κ3) is 3.02. The van der Waals surface area contributed by atoms with Crippen LogP contribution in [-0.4, -0.2) is 16.8 Å². The second-order valence-corrected chi connectivity index (χ2v) is 6.99. The SMILES string of the molecule is CC(C)(C)C(=O)CC1CCSS1. The van der Waals surface area contributed by atoms with Gasteiger partial charge in [0.25, 0.3) is 0 Å². The molecule has 12 heavy (non-hydrogen) atoms. The number of ketones is 1. The minimum atomic E-state index is -0.145. The van der Waals surface area contributed by atoms with E-state index in [4.69, 9.17) is 0 Å². The van der Waals surface area contributed by atoms with E-state index in [-0.39, 0.29) is 5.41 Å². The van der Waals surface area contributed by atoms with E-state index in [0.29, 0.717) is 11.0 Å². The lowest BCUT2D eigenvalue weighted by Crippen LogP contribution is -2.23. The normalized spacial score (nSPS) is 24.4. The molecule has 0 spiro atoms. The Bertz CT molecular complexity index is 166. The molecule has 1 fully saturated rings. The highest BCUT2D eigenvalue weighted by Crippen LogP contribution is 2.40. The van der Waals surface area contributed by atoms with E-state index in [1.807, 2.05) is 42.4 Å². The molecule has 0 N–H and O–H groups in total. The van der Waals surface area contributed by atoms with Gasteiger partial charge in [-0.3, -0.25) is 4.79 Å². The predicted molar refractivity (Wildman–Crippen MR) is 57.5 cm³/mol. The Labute approximate surface area is 82.5 Å². The topological polar surface area (TPSA) is 17.1 Å². The minimum Gasteiger partial charge on any atom is -0.299 e. The van der Waals surface area contributed by atoms with Gasteiger partial charge in [-0.25, -0.2) is 0 Å². The molecule has 0 aromatic carbocycles. The highest BCUT2D eigenvalue weighted by molar-refractivity contribution is 8.77. The first-order chi connectivity index (χ1) is 5.50. The Hall–Kier alpha value is 0.370. The zero-order valence-corrected chi connectivity index (χ0v) is 9.56. The quantitative estimate of drug-likeness (QED) is 0.643. The maximum absolute atomic E-state index is 11.6. The number of rotatable bonds is 2. The summed E-state index contributed by atoms with van der Waals surface area (Å²) in [7, 11) is 3.78. The van der Waals surface area contributed by atoms with Gasteiger partial charge in [-0.1, -0.05) is 42.4 Å². The van der Waals surface area contributed by atoms with Crippen LogP contribution in [0.3, 0.4) is 0 Å². The van der Waals surface area contributed by atoms with Crippen molar-refractivity contribution < 1.29 is 4.79 Å². The fourth-order valence-electron chi connectivity index (χ4n) is 1.02. The van der Waals surface area contributed by atoms with Gasteiger partial charge in [0.15, 0.2) is 0 Å². The first-order valence-corrected chi connectivity index (χ1v) is 6.70. The lowest BCUT2D eigenvalue weighted by molar-refractivity contribution is -0.126. The molecule has 3 heteroatoms. The summed E-state index contributed by atoms with van der Waals surface area (Å²) in [6.07, 6.45) is 1.97. The summed E-state index contributed by atoms with van der Waals surface area (Å²) in [5.41, 5.74) is -0.145. The molecule has 0 aliphatic carbocycles. The zero-order valence-electron chi connectivity index (χ0n) is 7.92. The standard InChI is InChI=1S/C9H16OS2/c1-9(2,3)8(10)6-7-4-5-11-12-7/h7H,4-6H2,1-3H3. The van der Waals surface area contributed by atoms with Crippen LogP contribution in [0.25, 0.3) is 0 Å². The molecule has 0 radical (unpaired) electrons. The summed E-state index contributed by atoms with van der Waals surface area (Å²) in [6, 6.07) is 0. The van der Waals surface area contributed by atoms with Gasteiger partial charge in [0.2, 0.25) is 0 Å². The van der Waals surface area contributed by atoms with Crippen LogP contribution < -0.4 is 0 Å². The third-order valence-corrected chi connectivity index (χ3v) is 4.91. The van der Waals surface area contributed by atoms with Gasteiger partial charge in [0.1, 0.15) is 5.78 Å². The maximum Gasteiger partial charge on any atom is 0.139 e. The van der Waals surface area contributed by atoms with E-state index in [0.717, 1.165) is 6.42 Å². The molecule has 0 saturated carbocycles. The number of carbonyl (C=O) groups is 1. The van der Waals surface area contributed by atoms with Gasteiger partial charge in [-0.05, 0) is 6.42 Å². The smallest absolute Gasteiger partial charge is 0.139 e. The van der Waals surface area contributed by atoms with E-state index in [1.54, 1.807) is 0 Å². The highest BCUT2D eigenvalue weighted by atomic mass is 33.1. The molecule has 1 saturated heterocycles. The monoisotopic (exact) mass is 204 g/mol. The minimum absolute atomic E-state index is 0.145. The lowest BCUT2D eigenvalue weighted by Gasteiger charge is -2.18. The average molecular weight is 204 g/mol. The van der Waals surface area contributed by atoms with Crippen molar-refractivity contribution in [3.63, 3.8) is 0 Å². The molecule has 1 unspecified atom stereocenters. The van der Waals surface area contributed by atoms with Crippen LogP contribution in [0.1, 0.15) is 33.6 Å². The molecular weight excluding hydrogens is 188 g/mol. The molecule has 1 aliphatic rings. The van der Waals surface area contributed by atoms with E-state index < -0.39 is 0 Å². The van der Waals surface area contributed by atoms with Crippen LogP contribution in [0.15, 0.2) is 0 Å². The summed E-state index contributed by atoms with van der Waals surface area (Å²) in [6.45, 7) is 6.01. The van der Waals surface area contributed by atoms with Crippen molar-refractivity contribution in [1.29, 1.82) is 0 Å². The largest absolute Gasteiger partial charge is 0.299 e. The van der Waals surface area contributed by atoms with Gasteiger partial charge in [0, 0.05) is 22.8 Å². The fraction of sp³-hybridized carbons (Fsp3) is 0.889. The van der Waals surface area contributed by atoms with Gasteiger partial charge < -0.3 is 0 Å². The Morgan fingerprint density at radius 3 is 2.58 bits per heavy atom. The van der Waals surface area contributed by atoms with Crippen molar-refractivity contribution in [3.05, 3.63) is 0 Å². The molecule has 0 aromatic rings. The highest BCUT2D eigenvalue weighted by Gasteiger charge is 2.26. The molecule has 70 valence electrons. The molecule has 1 aliphatic heterocycles. The fourth-order valence-corrected chi connectivity index (χ4v) is 3.92. The van der Waals surface area contributed by atoms with Crippen molar-refractivity contribution in [1.82, 2.24) is 0 Å². The molecular formula is C9H16OS2. The second-order valence-electron chi connectivity index (χ2n) is 4.21. The van der Waals surface area contributed by atoms with Crippen molar-refractivity contribution >= 4 is 27.4 Å². The molecule has 0 amide bonds. The van der Waals surface area contributed by atoms with Crippen LogP contribution in [0.4, 0.5) is 0 Å². The molecule has 0 bridgehead atoms. The van der Waals surface area contributed by atoms with Gasteiger partial charge in [-0.2, -0.15) is 0 Å². The van der Waals surface area contributed by atoms with Crippen LogP contribution in [0, 0.1) is 5.41 Å². The first kappa shape index (κ1) is 10.5. The number of Topliss-reactive ketones (excluding diaryl/α,β-unsaturated/α-hetero) is 1. The maximum atomic E-state index is 11.6. The number of carbonyl (C=O) groups excluding carboxylic acids is 1. The predicted octanol–water partition coefficient (Wildman–Crippen LogP) is 3.15. The molecule has 1 nitrogen and oxygen atoms in total. The third-order valence-electron chi connectivity index (χ3n) is 1.98. The molecule has 1 rings (SSSR count). The van der Waals surface area contributed by atoms with E-state index in [2.05, 4.69) is 0 Å². The van der Waals surface area contributed by atoms with Gasteiger partial charge >= 0.3 is 0 Å². The Morgan fingerprint density at radius 2 is 2.17 bits per heavy atom. The van der Waals surface area contributed by atoms with Crippen LogP contribution >= 0.6 is 21.6 Å². The van der Waals surface area contributed by atoms with Crippen molar-refractivity contribution in [2.24, 2.45) is 5.41 Å². The first-order valence-electron chi connectivity index (χ1n) is 4.32. The van der Waals surface area contributed by atoms with Crippen molar-refractivity contribution in [3.8, 4) is 0 Å². The van der Waals surface area contributed by atoms with E-state index in [9.17, 15) is 4.79 Å². The van der Waals surface area contributed by atoms with E-state index >= 15 is 0 Å². The number of hydrogen-bond acceptors (Lipinski definition) is 3. The Kier molecular flexibility index (Phi) is 3.53.